The van der Waals surface area contributed by atoms with Gasteiger partial charge in [0.1, 0.15) is 17.0 Å². The van der Waals surface area contributed by atoms with Gasteiger partial charge < -0.3 is 30.2 Å². The summed E-state index contributed by atoms with van der Waals surface area (Å²) in [6.45, 7) is 13.3. The van der Waals surface area contributed by atoms with Gasteiger partial charge in [0.15, 0.2) is 6.10 Å². The van der Waals surface area contributed by atoms with Crippen molar-refractivity contribution in [3.63, 3.8) is 0 Å². The van der Waals surface area contributed by atoms with Gasteiger partial charge in [0.25, 0.3) is 5.91 Å². The van der Waals surface area contributed by atoms with Crippen molar-refractivity contribution in [2.75, 3.05) is 11.9 Å². The first-order valence-corrected chi connectivity index (χ1v) is 15.3. The van der Waals surface area contributed by atoms with E-state index in [1.807, 2.05) is 58.9 Å². The number of rotatable bonds is 10. The Bertz CT molecular complexity index is 1530. The van der Waals surface area contributed by atoms with E-state index in [0.717, 1.165) is 17.5 Å². The van der Waals surface area contributed by atoms with Gasteiger partial charge in [-0.15, -0.1) is 0 Å². The van der Waals surface area contributed by atoms with Crippen molar-refractivity contribution in [2.24, 2.45) is 5.92 Å². The summed E-state index contributed by atoms with van der Waals surface area (Å²) in [6.07, 6.45) is -0.324. The zero-order chi connectivity index (χ0) is 32.8. The van der Waals surface area contributed by atoms with Crippen LogP contribution in [0.3, 0.4) is 0 Å². The third kappa shape index (κ3) is 9.73. The van der Waals surface area contributed by atoms with Gasteiger partial charge in [0, 0.05) is 19.0 Å². The number of hydrogen-bond donors (Lipinski definition) is 3. The van der Waals surface area contributed by atoms with Crippen molar-refractivity contribution < 1.29 is 28.6 Å². The quantitative estimate of drug-likeness (QED) is 0.234. The highest BCUT2D eigenvalue weighted by Gasteiger charge is 2.34. The first-order chi connectivity index (χ1) is 21.2. The van der Waals surface area contributed by atoms with E-state index in [0.29, 0.717) is 17.9 Å². The average molecular weight is 616 g/mol. The first-order valence-electron chi connectivity index (χ1n) is 15.3. The molecule has 0 radical (unpaired) electrons. The lowest BCUT2D eigenvalue weighted by molar-refractivity contribution is -0.122. The monoisotopic (exact) mass is 615 g/mol. The molecular weight excluding hydrogens is 570 g/mol. The van der Waals surface area contributed by atoms with Crippen molar-refractivity contribution in [1.29, 1.82) is 0 Å². The number of benzene rings is 3. The number of alkyl carbamates (subject to hydrolysis) is 2. The molecule has 0 aliphatic carbocycles. The maximum Gasteiger partial charge on any atom is 0.407 e. The molecule has 0 saturated heterocycles. The van der Waals surface area contributed by atoms with Crippen molar-refractivity contribution >= 4 is 23.8 Å². The molecule has 2 unspecified atom stereocenters. The van der Waals surface area contributed by atoms with E-state index in [9.17, 15) is 14.4 Å². The van der Waals surface area contributed by atoms with E-state index in [4.69, 9.17) is 14.2 Å². The lowest BCUT2D eigenvalue weighted by Gasteiger charge is -2.34. The fraction of sp³-hybridized carbons (Fsp3) is 0.417. The second kappa shape index (κ2) is 14.1. The minimum absolute atomic E-state index is 0.190. The molecule has 3 aromatic carbocycles. The van der Waals surface area contributed by atoms with Gasteiger partial charge in [-0.05, 0) is 101 Å². The van der Waals surface area contributed by atoms with Crippen LogP contribution in [-0.2, 0) is 33.7 Å². The Labute approximate surface area is 266 Å². The fourth-order valence-electron chi connectivity index (χ4n) is 5.16. The van der Waals surface area contributed by atoms with Crippen LogP contribution in [0.5, 0.6) is 5.75 Å². The van der Waals surface area contributed by atoms with Gasteiger partial charge in [-0.2, -0.15) is 0 Å². The molecule has 4 rings (SSSR count). The summed E-state index contributed by atoms with van der Waals surface area (Å²) in [6, 6.07) is 22.1. The molecule has 3 N–H and O–H groups in total. The Kier molecular flexibility index (Phi) is 10.4. The molecule has 0 fully saturated rings. The number of amides is 3. The molecule has 240 valence electrons. The standard InChI is InChI=1S/C36H45N3O6/c1-23-11-8-9-14-28(23)18-25-12-10-13-26(17-25)19-29(22-38-33(41)44-35(3,4)5)36(6,7)45-34(42)37-21-27-15-16-31-30(20-27)39-32(40)24(2)43-31/h8-17,20,24,29H,18-19,21-22H2,1-7H3,(H,37,42)(H,38,41)(H,39,40). The molecule has 1 aliphatic heterocycles. The average Bonchev–Trinajstić information content (AvgIpc) is 2.95. The summed E-state index contributed by atoms with van der Waals surface area (Å²) in [5.41, 5.74) is 4.49. The lowest BCUT2D eigenvalue weighted by atomic mass is 9.84. The molecule has 1 aliphatic rings. The number of nitrogens with one attached hydrogen (secondary N) is 3. The highest BCUT2D eigenvalue weighted by molar-refractivity contribution is 5.97. The Morgan fingerprint density at radius 2 is 1.60 bits per heavy atom. The summed E-state index contributed by atoms with van der Waals surface area (Å²) in [5, 5.41) is 8.51. The smallest absolute Gasteiger partial charge is 0.407 e. The predicted molar refractivity (Wildman–Crippen MR) is 174 cm³/mol. The normalized spacial score (nSPS) is 15.2. The predicted octanol–water partition coefficient (Wildman–Crippen LogP) is 6.69. The molecule has 0 saturated carbocycles. The third-order valence-corrected chi connectivity index (χ3v) is 7.77. The Hall–Kier alpha value is -4.53. The maximum atomic E-state index is 13.0. The van der Waals surface area contributed by atoms with E-state index < -0.39 is 29.5 Å². The van der Waals surface area contributed by atoms with E-state index >= 15 is 0 Å². The van der Waals surface area contributed by atoms with Gasteiger partial charge in [0.2, 0.25) is 0 Å². The highest BCUT2D eigenvalue weighted by Crippen LogP contribution is 2.31. The van der Waals surface area contributed by atoms with Crippen LogP contribution in [0.25, 0.3) is 0 Å². The van der Waals surface area contributed by atoms with Crippen LogP contribution in [0.4, 0.5) is 15.3 Å². The number of carbonyl (C=O) groups excluding carboxylic acids is 3. The largest absolute Gasteiger partial charge is 0.479 e. The second-order valence-corrected chi connectivity index (χ2v) is 13.1. The van der Waals surface area contributed by atoms with Crippen molar-refractivity contribution in [3.05, 3.63) is 94.5 Å². The zero-order valence-electron chi connectivity index (χ0n) is 27.3. The molecule has 0 bridgehead atoms. The molecule has 9 heteroatoms. The summed E-state index contributed by atoms with van der Waals surface area (Å²) in [7, 11) is 0. The van der Waals surface area contributed by atoms with E-state index in [1.165, 1.54) is 16.7 Å². The van der Waals surface area contributed by atoms with Crippen LogP contribution in [-0.4, -0.2) is 41.9 Å². The zero-order valence-corrected chi connectivity index (χ0v) is 27.3. The highest BCUT2D eigenvalue weighted by atomic mass is 16.6. The molecule has 45 heavy (non-hydrogen) atoms. The first kappa shape index (κ1) is 33.4. The van der Waals surface area contributed by atoms with Crippen LogP contribution in [0.1, 0.15) is 69.4 Å². The Morgan fingerprint density at radius 1 is 0.889 bits per heavy atom. The van der Waals surface area contributed by atoms with Gasteiger partial charge in [-0.3, -0.25) is 4.79 Å². The molecule has 9 nitrogen and oxygen atoms in total. The van der Waals surface area contributed by atoms with Crippen molar-refractivity contribution in [1.82, 2.24) is 10.6 Å². The van der Waals surface area contributed by atoms with Gasteiger partial charge in [0.05, 0.1) is 5.69 Å². The number of anilines is 1. The van der Waals surface area contributed by atoms with Crippen LogP contribution < -0.4 is 20.7 Å². The number of hydrogen-bond acceptors (Lipinski definition) is 6. The summed E-state index contributed by atoms with van der Waals surface area (Å²) in [4.78, 5) is 37.6. The number of carbonyl (C=O) groups is 3. The van der Waals surface area contributed by atoms with Gasteiger partial charge in [-0.1, -0.05) is 54.6 Å². The molecule has 0 spiro atoms. The van der Waals surface area contributed by atoms with E-state index in [1.54, 1.807) is 19.1 Å². The summed E-state index contributed by atoms with van der Waals surface area (Å²) in [5.74, 6) is 0.0842. The lowest BCUT2D eigenvalue weighted by Crippen LogP contribution is -2.47. The molecule has 0 aromatic heterocycles. The van der Waals surface area contributed by atoms with E-state index in [-0.39, 0.29) is 24.9 Å². The van der Waals surface area contributed by atoms with Crippen LogP contribution in [0.15, 0.2) is 66.7 Å². The molecular formula is C36H45N3O6. The van der Waals surface area contributed by atoms with Gasteiger partial charge >= 0.3 is 12.2 Å². The maximum absolute atomic E-state index is 13.0. The summed E-state index contributed by atoms with van der Waals surface area (Å²) < 4.78 is 17.1. The number of fused-ring (bicyclic) bond motifs is 1. The van der Waals surface area contributed by atoms with Gasteiger partial charge in [-0.25, -0.2) is 9.59 Å². The topological polar surface area (TPSA) is 115 Å². The minimum atomic E-state index is -0.959. The van der Waals surface area contributed by atoms with E-state index in [2.05, 4.69) is 53.2 Å². The minimum Gasteiger partial charge on any atom is -0.479 e. The molecule has 3 aromatic rings. The Morgan fingerprint density at radius 3 is 2.33 bits per heavy atom. The molecule has 3 amide bonds. The Balaban J connectivity index is 1.44. The molecule has 2 atom stereocenters. The fourth-order valence-corrected chi connectivity index (χ4v) is 5.16. The summed E-state index contributed by atoms with van der Waals surface area (Å²) >= 11 is 0. The number of ether oxygens (including phenoxy) is 3. The third-order valence-electron chi connectivity index (χ3n) is 7.77. The number of aryl methyl sites for hydroxylation is 1. The SMILES string of the molecule is Cc1ccccc1Cc1cccc(CC(CNC(=O)OC(C)(C)C)C(C)(C)OC(=O)NCc2ccc3c(c2)NC(=O)C(C)O3)c1. The van der Waals surface area contributed by atoms with Crippen molar-refractivity contribution in [2.45, 2.75) is 85.2 Å². The van der Waals surface area contributed by atoms with Crippen molar-refractivity contribution in [3.8, 4) is 5.75 Å². The molecule has 1 heterocycles. The van der Waals surface area contributed by atoms with Crippen LogP contribution >= 0.6 is 0 Å². The van der Waals surface area contributed by atoms with Crippen LogP contribution in [0.2, 0.25) is 0 Å². The second-order valence-electron chi connectivity index (χ2n) is 13.1. The van der Waals surface area contributed by atoms with Crippen LogP contribution in [0, 0.1) is 12.8 Å².